The van der Waals surface area contributed by atoms with Gasteiger partial charge in [-0.15, -0.1) is 0 Å². The minimum atomic E-state index is -0.753. The zero-order valence-electron chi connectivity index (χ0n) is 15.7. The summed E-state index contributed by atoms with van der Waals surface area (Å²) in [6.07, 6.45) is -0.753. The number of anilines is 1. The molecule has 3 aromatic carbocycles. The third-order valence-corrected chi connectivity index (χ3v) is 4.21. The Kier molecular flexibility index (Phi) is 6.07. The number of hydrogen-bond donors (Lipinski definition) is 1. The number of para-hydroxylation sites is 1. The maximum atomic E-state index is 12.6. The van der Waals surface area contributed by atoms with Gasteiger partial charge in [-0.3, -0.25) is 4.79 Å². The minimum absolute atomic E-state index is 0.285. The second-order valence-electron chi connectivity index (χ2n) is 6.18. The molecule has 1 amide bonds. The van der Waals surface area contributed by atoms with Crippen molar-refractivity contribution < 1.29 is 19.1 Å². The van der Waals surface area contributed by atoms with Gasteiger partial charge >= 0.3 is 5.97 Å². The number of methoxy groups -OCH3 is 1. The maximum Gasteiger partial charge on any atom is 0.337 e. The zero-order valence-corrected chi connectivity index (χ0v) is 15.7. The van der Waals surface area contributed by atoms with E-state index >= 15 is 0 Å². The van der Waals surface area contributed by atoms with Gasteiger partial charge in [-0.1, -0.05) is 54.6 Å². The van der Waals surface area contributed by atoms with Crippen LogP contribution in [0.5, 0.6) is 5.75 Å². The van der Waals surface area contributed by atoms with E-state index in [9.17, 15) is 9.59 Å². The largest absolute Gasteiger partial charge is 0.481 e. The Morgan fingerprint density at radius 1 is 0.893 bits per heavy atom. The van der Waals surface area contributed by atoms with Crippen LogP contribution in [0.15, 0.2) is 78.9 Å². The summed E-state index contributed by atoms with van der Waals surface area (Å²) in [5.74, 6) is -0.326. The molecule has 0 aliphatic carbocycles. The van der Waals surface area contributed by atoms with E-state index in [0.29, 0.717) is 17.0 Å². The lowest BCUT2D eigenvalue weighted by Gasteiger charge is -2.17. The molecule has 5 heteroatoms. The van der Waals surface area contributed by atoms with Crippen LogP contribution >= 0.6 is 0 Å². The molecule has 0 aromatic heterocycles. The van der Waals surface area contributed by atoms with Crippen molar-refractivity contribution in [1.82, 2.24) is 0 Å². The van der Waals surface area contributed by atoms with Crippen molar-refractivity contribution in [3.05, 3.63) is 84.4 Å². The van der Waals surface area contributed by atoms with Crippen LogP contribution in [0.4, 0.5) is 5.69 Å². The molecule has 0 fully saturated rings. The summed E-state index contributed by atoms with van der Waals surface area (Å²) in [5, 5.41) is 2.92. The topological polar surface area (TPSA) is 64.6 Å². The first kappa shape index (κ1) is 19.2. The molecule has 1 N–H and O–H groups in total. The van der Waals surface area contributed by atoms with Crippen LogP contribution in [0.3, 0.4) is 0 Å². The molecule has 0 aliphatic heterocycles. The molecule has 0 aliphatic rings. The monoisotopic (exact) mass is 375 g/mol. The number of hydrogen-bond acceptors (Lipinski definition) is 4. The van der Waals surface area contributed by atoms with Gasteiger partial charge in [-0.2, -0.15) is 0 Å². The van der Waals surface area contributed by atoms with E-state index in [2.05, 4.69) is 5.32 Å². The first-order valence-corrected chi connectivity index (χ1v) is 8.89. The lowest BCUT2D eigenvalue weighted by Crippen LogP contribution is -2.30. The van der Waals surface area contributed by atoms with Crippen molar-refractivity contribution in [2.24, 2.45) is 0 Å². The summed E-state index contributed by atoms with van der Waals surface area (Å²) in [5.41, 5.74) is 3.01. The Balaban J connectivity index is 1.73. The SMILES string of the molecule is COC(=O)c1cccc(O[C@@H](C)C(=O)Nc2ccccc2-c2ccccc2)c1. The number of carbonyl (C=O) groups is 2. The summed E-state index contributed by atoms with van der Waals surface area (Å²) < 4.78 is 10.4. The van der Waals surface area contributed by atoms with E-state index in [1.165, 1.54) is 7.11 Å². The van der Waals surface area contributed by atoms with Gasteiger partial charge in [0.25, 0.3) is 5.91 Å². The van der Waals surface area contributed by atoms with E-state index in [4.69, 9.17) is 9.47 Å². The zero-order chi connectivity index (χ0) is 19.9. The van der Waals surface area contributed by atoms with Gasteiger partial charge < -0.3 is 14.8 Å². The summed E-state index contributed by atoms with van der Waals surface area (Å²) in [7, 11) is 1.32. The molecule has 142 valence electrons. The molecule has 3 rings (SSSR count). The fourth-order valence-electron chi connectivity index (χ4n) is 2.77. The van der Waals surface area contributed by atoms with E-state index in [1.54, 1.807) is 31.2 Å². The number of esters is 1. The Hall–Kier alpha value is -3.60. The van der Waals surface area contributed by atoms with Gasteiger partial charge in [-0.25, -0.2) is 4.79 Å². The number of amides is 1. The minimum Gasteiger partial charge on any atom is -0.481 e. The quantitative estimate of drug-likeness (QED) is 0.642. The smallest absolute Gasteiger partial charge is 0.337 e. The van der Waals surface area contributed by atoms with Gasteiger partial charge in [0.1, 0.15) is 5.75 Å². The Labute approximate surface area is 163 Å². The van der Waals surface area contributed by atoms with Crippen LogP contribution in [-0.4, -0.2) is 25.1 Å². The van der Waals surface area contributed by atoms with Crippen LogP contribution < -0.4 is 10.1 Å². The average molecular weight is 375 g/mol. The molecule has 0 spiro atoms. The van der Waals surface area contributed by atoms with Crippen LogP contribution in [0.25, 0.3) is 11.1 Å². The molecule has 1 atom stereocenters. The Morgan fingerprint density at radius 2 is 1.61 bits per heavy atom. The predicted molar refractivity (Wildman–Crippen MR) is 108 cm³/mol. The van der Waals surface area contributed by atoms with Crippen LogP contribution in [0, 0.1) is 0 Å². The highest BCUT2D eigenvalue weighted by atomic mass is 16.5. The molecular formula is C23H21NO4. The predicted octanol–water partition coefficient (Wildman–Crippen LogP) is 4.55. The van der Waals surface area contributed by atoms with Gasteiger partial charge in [0.15, 0.2) is 6.10 Å². The van der Waals surface area contributed by atoms with Crippen LogP contribution in [0.1, 0.15) is 17.3 Å². The Morgan fingerprint density at radius 3 is 2.36 bits per heavy atom. The highest BCUT2D eigenvalue weighted by Crippen LogP contribution is 2.27. The third-order valence-electron chi connectivity index (χ3n) is 4.21. The number of rotatable bonds is 6. The molecule has 0 saturated carbocycles. The van der Waals surface area contributed by atoms with Gasteiger partial charge in [0.05, 0.1) is 12.7 Å². The first-order valence-electron chi connectivity index (χ1n) is 8.89. The van der Waals surface area contributed by atoms with Crippen molar-refractivity contribution in [1.29, 1.82) is 0 Å². The number of nitrogens with one attached hydrogen (secondary N) is 1. The summed E-state index contributed by atoms with van der Waals surface area (Å²) in [6, 6.07) is 24.0. The third kappa shape index (κ3) is 4.57. The second kappa shape index (κ2) is 8.86. The number of carbonyl (C=O) groups excluding carboxylic acids is 2. The normalized spacial score (nSPS) is 11.4. The summed E-state index contributed by atoms with van der Waals surface area (Å²) >= 11 is 0. The van der Waals surface area contributed by atoms with Gasteiger partial charge in [0, 0.05) is 11.3 Å². The van der Waals surface area contributed by atoms with Crippen molar-refractivity contribution in [3.63, 3.8) is 0 Å². The van der Waals surface area contributed by atoms with Crippen molar-refractivity contribution in [2.75, 3.05) is 12.4 Å². The Bertz CT molecular complexity index is 969. The number of benzene rings is 3. The fourth-order valence-corrected chi connectivity index (χ4v) is 2.77. The molecular weight excluding hydrogens is 354 g/mol. The van der Waals surface area contributed by atoms with E-state index in [0.717, 1.165) is 11.1 Å². The standard InChI is InChI=1S/C23H21NO4/c1-16(28-19-12-8-11-18(15-19)23(26)27-2)22(25)24-21-14-7-6-13-20(21)17-9-4-3-5-10-17/h3-16H,1-2H3,(H,24,25)/t16-/m0/s1. The lowest BCUT2D eigenvalue weighted by atomic mass is 10.0. The lowest BCUT2D eigenvalue weighted by molar-refractivity contribution is -0.122. The van der Waals surface area contributed by atoms with Crippen molar-refractivity contribution in [2.45, 2.75) is 13.0 Å². The maximum absolute atomic E-state index is 12.6. The molecule has 5 nitrogen and oxygen atoms in total. The first-order chi connectivity index (χ1) is 13.6. The molecule has 0 bridgehead atoms. The van der Waals surface area contributed by atoms with Gasteiger partial charge in [0.2, 0.25) is 0 Å². The highest BCUT2D eigenvalue weighted by molar-refractivity contribution is 5.98. The van der Waals surface area contributed by atoms with E-state index in [1.807, 2.05) is 54.6 Å². The van der Waals surface area contributed by atoms with E-state index < -0.39 is 12.1 Å². The van der Waals surface area contributed by atoms with Crippen molar-refractivity contribution in [3.8, 4) is 16.9 Å². The molecule has 0 heterocycles. The number of ether oxygens (including phenoxy) is 2. The molecule has 0 unspecified atom stereocenters. The molecule has 0 saturated heterocycles. The van der Waals surface area contributed by atoms with E-state index in [-0.39, 0.29) is 5.91 Å². The van der Waals surface area contributed by atoms with Crippen molar-refractivity contribution >= 4 is 17.6 Å². The highest BCUT2D eigenvalue weighted by Gasteiger charge is 2.17. The second-order valence-corrected chi connectivity index (χ2v) is 6.18. The average Bonchev–Trinajstić information content (AvgIpc) is 2.74. The van der Waals surface area contributed by atoms with Gasteiger partial charge in [-0.05, 0) is 36.8 Å². The summed E-state index contributed by atoms with van der Waals surface area (Å²) in [6.45, 7) is 1.66. The summed E-state index contributed by atoms with van der Waals surface area (Å²) in [4.78, 5) is 24.3. The fraction of sp³-hybridized carbons (Fsp3) is 0.130. The molecule has 3 aromatic rings. The molecule has 28 heavy (non-hydrogen) atoms. The van der Waals surface area contributed by atoms with Crippen LogP contribution in [-0.2, 0) is 9.53 Å². The molecule has 0 radical (unpaired) electrons. The van der Waals surface area contributed by atoms with Crippen LogP contribution in [0.2, 0.25) is 0 Å².